The highest BCUT2D eigenvalue weighted by molar-refractivity contribution is 6.35. The lowest BCUT2D eigenvalue weighted by molar-refractivity contribution is -0.137. The van der Waals surface area contributed by atoms with Crippen molar-refractivity contribution in [3.05, 3.63) is 35.5 Å². The van der Waals surface area contributed by atoms with Gasteiger partial charge in [0.2, 0.25) is 0 Å². The zero-order valence-corrected chi connectivity index (χ0v) is 17.6. The van der Waals surface area contributed by atoms with Gasteiger partial charge in [0.05, 0.1) is 12.2 Å². The molecule has 158 valence electrons. The Morgan fingerprint density at radius 3 is 2.24 bits per heavy atom. The Labute approximate surface area is 172 Å². The molecule has 0 atom stereocenters. The molecule has 0 unspecified atom stereocenters. The maximum absolute atomic E-state index is 13.2. The summed E-state index contributed by atoms with van der Waals surface area (Å²) in [5.41, 5.74) is 1.79. The van der Waals surface area contributed by atoms with Crippen LogP contribution in [0.4, 0.5) is 0 Å². The zero-order valence-electron chi connectivity index (χ0n) is 17.6. The van der Waals surface area contributed by atoms with Gasteiger partial charge < -0.3 is 19.3 Å². The Morgan fingerprint density at radius 1 is 0.931 bits per heavy atom. The van der Waals surface area contributed by atoms with E-state index in [2.05, 4.69) is 16.8 Å². The van der Waals surface area contributed by atoms with Gasteiger partial charge in [-0.15, -0.1) is 0 Å². The fraction of sp³-hybridized carbons (Fsp3) is 0.545. The van der Waals surface area contributed by atoms with Gasteiger partial charge in [-0.2, -0.15) is 0 Å². The average molecular weight is 402 g/mol. The molecular weight excluding hydrogens is 370 g/mol. The lowest BCUT2D eigenvalue weighted by Crippen LogP contribution is -2.46. The monoisotopic (exact) mass is 401 g/mol. The Balaban J connectivity index is 1.89. The van der Waals surface area contributed by atoms with Gasteiger partial charge in [-0.3, -0.25) is 14.5 Å². The van der Waals surface area contributed by atoms with E-state index >= 15 is 0 Å². The Kier molecular flexibility index (Phi) is 7.28. The average Bonchev–Trinajstić information content (AvgIpc) is 2.97. The fourth-order valence-corrected chi connectivity index (χ4v) is 3.70. The van der Waals surface area contributed by atoms with Crippen LogP contribution in [0.3, 0.4) is 0 Å². The van der Waals surface area contributed by atoms with Gasteiger partial charge in [0.15, 0.2) is 0 Å². The van der Waals surface area contributed by atoms with Crippen LogP contribution in [0, 0.1) is 0 Å². The molecule has 29 heavy (non-hydrogen) atoms. The van der Waals surface area contributed by atoms with Crippen LogP contribution < -0.4 is 4.74 Å². The van der Waals surface area contributed by atoms with E-state index in [1.807, 2.05) is 38.1 Å². The summed E-state index contributed by atoms with van der Waals surface area (Å²) in [5.74, 6) is 0.341. The molecule has 1 aromatic rings. The third-order valence-corrected chi connectivity index (χ3v) is 5.29. The van der Waals surface area contributed by atoms with E-state index in [0.717, 1.165) is 37.5 Å². The van der Waals surface area contributed by atoms with Crippen LogP contribution in [0.15, 0.2) is 30.0 Å². The summed E-state index contributed by atoms with van der Waals surface area (Å²) in [4.78, 5) is 32.2. The maximum Gasteiger partial charge on any atom is 0.277 e. The Bertz CT molecular complexity index is 752. The summed E-state index contributed by atoms with van der Waals surface area (Å²) < 4.78 is 10.9. The summed E-state index contributed by atoms with van der Waals surface area (Å²) in [5, 5.41) is 0. The molecule has 1 aromatic carbocycles. The summed E-state index contributed by atoms with van der Waals surface area (Å²) in [6.07, 6.45) is 0.637. The zero-order chi connectivity index (χ0) is 20.8. The first-order chi connectivity index (χ1) is 14.1. The third-order valence-electron chi connectivity index (χ3n) is 5.29. The topological polar surface area (TPSA) is 62.3 Å². The molecule has 0 N–H and O–H groups in total. The third kappa shape index (κ3) is 4.79. The lowest BCUT2D eigenvalue weighted by atomic mass is 10.0. The van der Waals surface area contributed by atoms with Gasteiger partial charge >= 0.3 is 0 Å². The second kappa shape index (κ2) is 9.89. The minimum atomic E-state index is -0.218. The summed E-state index contributed by atoms with van der Waals surface area (Å²) >= 11 is 0. The van der Waals surface area contributed by atoms with Crippen LogP contribution in [-0.4, -0.2) is 86.1 Å². The number of carbonyl (C=O) groups is 2. The van der Waals surface area contributed by atoms with Crippen LogP contribution in [0.1, 0.15) is 25.8 Å². The van der Waals surface area contributed by atoms with Crippen molar-refractivity contribution in [2.45, 2.75) is 20.3 Å². The van der Waals surface area contributed by atoms with E-state index in [0.29, 0.717) is 44.1 Å². The normalized spacial score (nSPS) is 18.2. The molecule has 0 saturated carbocycles. The van der Waals surface area contributed by atoms with Gasteiger partial charge in [0.1, 0.15) is 11.4 Å². The van der Waals surface area contributed by atoms with Crippen molar-refractivity contribution >= 4 is 17.4 Å². The van der Waals surface area contributed by atoms with Crippen molar-refractivity contribution in [1.82, 2.24) is 14.7 Å². The maximum atomic E-state index is 13.2. The summed E-state index contributed by atoms with van der Waals surface area (Å²) in [6.45, 7) is 9.19. The quantitative estimate of drug-likeness (QED) is 0.465. The first-order valence-electron chi connectivity index (χ1n) is 10.4. The number of rotatable bonds is 9. The predicted molar refractivity (Wildman–Crippen MR) is 111 cm³/mol. The minimum absolute atomic E-state index is 0.195. The van der Waals surface area contributed by atoms with Crippen LogP contribution >= 0.6 is 0 Å². The second-order valence-corrected chi connectivity index (χ2v) is 7.28. The molecule has 7 nitrogen and oxygen atoms in total. The molecular formula is C22H31N3O4. The van der Waals surface area contributed by atoms with E-state index in [-0.39, 0.29) is 11.8 Å². The Morgan fingerprint density at radius 2 is 1.62 bits per heavy atom. The highest BCUT2D eigenvalue weighted by atomic mass is 16.5. The number of likely N-dealkylation sites (N-methyl/N-ethyl adjacent to an activating group) is 1. The van der Waals surface area contributed by atoms with Gasteiger partial charge in [-0.05, 0) is 45.0 Å². The number of piperazine rings is 1. The van der Waals surface area contributed by atoms with Gasteiger partial charge in [-0.25, -0.2) is 0 Å². The van der Waals surface area contributed by atoms with Crippen LogP contribution in [0.2, 0.25) is 0 Å². The summed E-state index contributed by atoms with van der Waals surface area (Å²) in [6, 6.07) is 7.43. The molecule has 0 bridgehead atoms. The Hall–Kier alpha value is -2.38. The molecule has 2 amide bonds. The smallest absolute Gasteiger partial charge is 0.277 e. The number of carbonyl (C=O) groups excluding carboxylic acids is 2. The van der Waals surface area contributed by atoms with Gasteiger partial charge in [0, 0.05) is 45.9 Å². The number of hydrogen-bond acceptors (Lipinski definition) is 6. The van der Waals surface area contributed by atoms with Crippen LogP contribution in [0.5, 0.6) is 5.75 Å². The molecule has 2 aliphatic heterocycles. The lowest BCUT2D eigenvalue weighted by Gasteiger charge is -2.34. The molecule has 0 aliphatic carbocycles. The van der Waals surface area contributed by atoms with E-state index < -0.39 is 0 Å². The second-order valence-electron chi connectivity index (χ2n) is 7.28. The van der Waals surface area contributed by atoms with Crippen molar-refractivity contribution in [1.29, 1.82) is 0 Å². The van der Waals surface area contributed by atoms with E-state index in [4.69, 9.17) is 9.47 Å². The predicted octanol–water partition coefficient (Wildman–Crippen LogP) is 1.84. The van der Waals surface area contributed by atoms with Gasteiger partial charge in [0.25, 0.3) is 11.8 Å². The van der Waals surface area contributed by atoms with E-state index in [1.165, 1.54) is 4.90 Å². The standard InChI is InChI=1S/C22H31N3O4/c1-4-28-16-6-11-25-21(26)19(17-7-9-18(10-8-17)29-5-2)20(22(25)27)24-14-12-23(3)13-15-24/h7-10H,4-6,11-16H2,1-3H3. The number of hydrogen-bond donors (Lipinski definition) is 0. The number of imide groups is 1. The van der Waals surface area contributed by atoms with Crippen molar-refractivity contribution < 1.29 is 19.1 Å². The van der Waals surface area contributed by atoms with Crippen molar-refractivity contribution in [3.63, 3.8) is 0 Å². The molecule has 0 radical (unpaired) electrons. The van der Waals surface area contributed by atoms with Gasteiger partial charge in [-0.1, -0.05) is 12.1 Å². The van der Waals surface area contributed by atoms with Crippen LogP contribution in [-0.2, 0) is 14.3 Å². The number of ether oxygens (including phenoxy) is 2. The minimum Gasteiger partial charge on any atom is -0.494 e. The highest BCUT2D eigenvalue weighted by Crippen LogP contribution is 2.33. The van der Waals surface area contributed by atoms with E-state index in [9.17, 15) is 9.59 Å². The largest absolute Gasteiger partial charge is 0.494 e. The van der Waals surface area contributed by atoms with Crippen molar-refractivity contribution in [2.75, 3.05) is 59.6 Å². The van der Waals surface area contributed by atoms with Crippen molar-refractivity contribution in [3.8, 4) is 5.75 Å². The SMILES string of the molecule is CCOCCCN1C(=O)C(c2ccc(OCC)cc2)=C(N2CCN(C)CC2)C1=O. The molecule has 2 aliphatic rings. The van der Waals surface area contributed by atoms with Crippen molar-refractivity contribution in [2.24, 2.45) is 0 Å². The number of nitrogens with zero attached hydrogens (tertiary/aromatic N) is 3. The molecule has 1 saturated heterocycles. The fourth-order valence-electron chi connectivity index (χ4n) is 3.70. The molecule has 3 rings (SSSR count). The first-order valence-corrected chi connectivity index (χ1v) is 10.4. The molecule has 7 heteroatoms. The van der Waals surface area contributed by atoms with E-state index in [1.54, 1.807) is 0 Å². The molecule has 1 fully saturated rings. The first kappa shape index (κ1) is 21.3. The molecule has 2 heterocycles. The number of amides is 2. The van der Waals surface area contributed by atoms with Crippen LogP contribution in [0.25, 0.3) is 5.57 Å². The highest BCUT2D eigenvalue weighted by Gasteiger charge is 2.41. The summed E-state index contributed by atoms with van der Waals surface area (Å²) in [7, 11) is 2.07. The molecule has 0 spiro atoms. The number of benzene rings is 1. The molecule has 0 aromatic heterocycles.